The zero-order valence-corrected chi connectivity index (χ0v) is 16.0. The second kappa shape index (κ2) is 8.14. The average molecular weight is 372 g/mol. The molecule has 0 amide bonds. The highest BCUT2D eigenvalue weighted by molar-refractivity contribution is 7.99. The van der Waals surface area contributed by atoms with Gasteiger partial charge in [-0.3, -0.25) is 0 Å². The van der Waals surface area contributed by atoms with Gasteiger partial charge in [-0.2, -0.15) is 4.98 Å². The predicted molar refractivity (Wildman–Crippen MR) is 108 cm³/mol. The molecule has 0 spiro atoms. The molecule has 2 aliphatic heterocycles. The van der Waals surface area contributed by atoms with Crippen molar-refractivity contribution < 1.29 is 4.74 Å². The summed E-state index contributed by atoms with van der Waals surface area (Å²) in [6.45, 7) is 5.31. The summed E-state index contributed by atoms with van der Waals surface area (Å²) in [6, 6.07) is 10.6. The van der Waals surface area contributed by atoms with Crippen LogP contribution in [-0.4, -0.2) is 62.2 Å². The van der Waals surface area contributed by atoms with Crippen molar-refractivity contribution in [2.75, 3.05) is 67.3 Å². The van der Waals surface area contributed by atoms with Crippen LogP contribution in [0.15, 0.2) is 35.2 Å². The largest absolute Gasteiger partial charge is 0.383 e. The van der Waals surface area contributed by atoms with Gasteiger partial charge in [-0.1, -0.05) is 18.2 Å². The number of para-hydroxylation sites is 1. The number of piperazine rings is 1. The summed E-state index contributed by atoms with van der Waals surface area (Å²) in [5, 5.41) is 3.43. The monoisotopic (exact) mass is 371 g/mol. The molecular formula is C19H25N5OS. The minimum atomic E-state index is 0.675. The van der Waals surface area contributed by atoms with E-state index >= 15 is 0 Å². The average Bonchev–Trinajstić information content (AvgIpc) is 3.18. The van der Waals surface area contributed by atoms with Gasteiger partial charge in [-0.05, 0) is 12.1 Å². The summed E-state index contributed by atoms with van der Waals surface area (Å²) in [7, 11) is 1.72. The van der Waals surface area contributed by atoms with Crippen LogP contribution in [0.5, 0.6) is 0 Å². The van der Waals surface area contributed by atoms with Crippen LogP contribution in [0.3, 0.4) is 0 Å². The van der Waals surface area contributed by atoms with Crippen LogP contribution in [-0.2, 0) is 11.2 Å². The Bertz CT molecular complexity index is 734. The number of rotatable bonds is 6. The molecule has 1 saturated heterocycles. The first-order valence-electron chi connectivity index (χ1n) is 9.16. The Labute approximate surface area is 159 Å². The summed E-state index contributed by atoms with van der Waals surface area (Å²) < 4.78 is 5.15. The second-order valence-electron chi connectivity index (χ2n) is 6.48. The molecule has 1 aromatic carbocycles. The molecule has 6 nitrogen and oxygen atoms in total. The molecule has 0 saturated carbocycles. The van der Waals surface area contributed by atoms with E-state index in [0.29, 0.717) is 6.61 Å². The highest BCUT2D eigenvalue weighted by Crippen LogP contribution is 2.36. The van der Waals surface area contributed by atoms with Crippen molar-refractivity contribution in [1.29, 1.82) is 0 Å². The molecule has 1 N–H and O–H groups in total. The van der Waals surface area contributed by atoms with Crippen molar-refractivity contribution in [2.45, 2.75) is 11.3 Å². The van der Waals surface area contributed by atoms with Crippen molar-refractivity contribution in [3.8, 4) is 0 Å². The Morgan fingerprint density at radius 2 is 1.85 bits per heavy atom. The fourth-order valence-corrected chi connectivity index (χ4v) is 4.46. The van der Waals surface area contributed by atoms with E-state index in [0.717, 1.165) is 56.7 Å². The minimum Gasteiger partial charge on any atom is -0.383 e. The number of methoxy groups -OCH3 is 1. The molecule has 4 rings (SSSR count). The van der Waals surface area contributed by atoms with Crippen molar-refractivity contribution in [1.82, 2.24) is 9.97 Å². The van der Waals surface area contributed by atoms with Crippen molar-refractivity contribution in [3.63, 3.8) is 0 Å². The highest BCUT2D eigenvalue weighted by atomic mass is 32.2. The molecule has 138 valence electrons. The maximum atomic E-state index is 5.15. The van der Waals surface area contributed by atoms with Gasteiger partial charge < -0.3 is 19.9 Å². The van der Waals surface area contributed by atoms with Crippen molar-refractivity contribution in [3.05, 3.63) is 36.0 Å². The number of anilines is 3. The van der Waals surface area contributed by atoms with Crippen LogP contribution < -0.4 is 15.1 Å². The molecule has 0 atom stereocenters. The molecule has 1 fully saturated rings. The van der Waals surface area contributed by atoms with Crippen molar-refractivity contribution in [2.24, 2.45) is 0 Å². The van der Waals surface area contributed by atoms with Crippen LogP contribution in [0.2, 0.25) is 0 Å². The van der Waals surface area contributed by atoms with Crippen LogP contribution in [0.4, 0.5) is 17.5 Å². The molecule has 0 bridgehead atoms. The van der Waals surface area contributed by atoms with E-state index < -0.39 is 0 Å². The van der Waals surface area contributed by atoms with Gasteiger partial charge in [0, 0.05) is 57.7 Å². The Kier molecular flexibility index (Phi) is 5.45. The normalized spacial score (nSPS) is 16.7. The number of hydrogen-bond acceptors (Lipinski definition) is 7. The number of aryl methyl sites for hydroxylation is 1. The quantitative estimate of drug-likeness (QED) is 0.783. The number of thioether (sulfide) groups is 1. The zero-order chi connectivity index (χ0) is 17.8. The number of ether oxygens (including phenoxy) is 1. The van der Waals surface area contributed by atoms with Gasteiger partial charge in [0.25, 0.3) is 0 Å². The van der Waals surface area contributed by atoms with E-state index in [4.69, 9.17) is 14.7 Å². The van der Waals surface area contributed by atoms with Crippen LogP contribution in [0.1, 0.15) is 5.69 Å². The van der Waals surface area contributed by atoms with E-state index in [1.54, 1.807) is 7.11 Å². The first kappa shape index (κ1) is 17.4. The minimum absolute atomic E-state index is 0.675. The second-order valence-corrected chi connectivity index (χ2v) is 7.58. The van der Waals surface area contributed by atoms with Crippen LogP contribution in [0, 0.1) is 0 Å². The van der Waals surface area contributed by atoms with E-state index in [2.05, 4.69) is 45.4 Å². The van der Waals surface area contributed by atoms with Gasteiger partial charge in [0.05, 0.1) is 17.2 Å². The first-order valence-corrected chi connectivity index (χ1v) is 10.1. The predicted octanol–water partition coefficient (Wildman–Crippen LogP) is 2.51. The fraction of sp³-hybridized carbons (Fsp3) is 0.474. The van der Waals surface area contributed by atoms with E-state index in [9.17, 15) is 0 Å². The van der Waals surface area contributed by atoms with E-state index in [1.165, 1.54) is 16.3 Å². The number of nitrogens with one attached hydrogen (secondary N) is 1. The molecule has 26 heavy (non-hydrogen) atoms. The zero-order valence-electron chi connectivity index (χ0n) is 15.1. The lowest BCUT2D eigenvalue weighted by molar-refractivity contribution is 0.210. The van der Waals surface area contributed by atoms with Gasteiger partial charge in [-0.25, -0.2) is 4.98 Å². The molecule has 2 aromatic rings. The van der Waals surface area contributed by atoms with Gasteiger partial charge in [0.1, 0.15) is 5.82 Å². The Balaban J connectivity index is 1.47. The summed E-state index contributed by atoms with van der Waals surface area (Å²) in [5.41, 5.74) is 2.48. The fourth-order valence-electron chi connectivity index (χ4n) is 3.39. The van der Waals surface area contributed by atoms with E-state index in [1.807, 2.05) is 11.8 Å². The number of nitrogens with zero attached hydrogens (tertiary/aromatic N) is 4. The summed E-state index contributed by atoms with van der Waals surface area (Å²) in [5.74, 6) is 2.92. The maximum Gasteiger partial charge on any atom is 0.227 e. The third kappa shape index (κ3) is 3.73. The van der Waals surface area contributed by atoms with Crippen LogP contribution >= 0.6 is 11.8 Å². The lowest BCUT2D eigenvalue weighted by Gasteiger charge is -2.36. The summed E-state index contributed by atoms with van der Waals surface area (Å²) in [6.07, 6.45) is 1.03. The molecule has 7 heteroatoms. The lowest BCUT2D eigenvalue weighted by atomic mass is 10.2. The molecular weight excluding hydrogens is 346 g/mol. The SMILES string of the molecule is COCCNc1nc(N2CCN(c3ccccc3)CC2)nc2c1SCC2. The Hall–Kier alpha value is -1.99. The molecule has 3 heterocycles. The van der Waals surface area contributed by atoms with Gasteiger partial charge in [0.15, 0.2) is 0 Å². The third-order valence-corrected chi connectivity index (χ3v) is 5.92. The molecule has 0 unspecified atom stereocenters. The Morgan fingerprint density at radius 3 is 2.62 bits per heavy atom. The molecule has 2 aliphatic rings. The van der Waals surface area contributed by atoms with Gasteiger partial charge >= 0.3 is 0 Å². The number of benzene rings is 1. The topological polar surface area (TPSA) is 53.5 Å². The van der Waals surface area contributed by atoms with Gasteiger partial charge in [-0.15, -0.1) is 11.8 Å². The number of hydrogen-bond donors (Lipinski definition) is 1. The summed E-state index contributed by atoms with van der Waals surface area (Å²) in [4.78, 5) is 15.7. The standard InChI is InChI=1S/C19H25N5OS/c1-25-13-8-20-18-17-16(7-14-26-17)21-19(22-18)24-11-9-23(10-12-24)15-5-3-2-4-6-15/h2-6H,7-14H2,1H3,(H,20,21,22). The number of aromatic nitrogens is 2. The molecule has 0 aliphatic carbocycles. The molecule has 0 radical (unpaired) electrons. The van der Waals surface area contributed by atoms with E-state index in [-0.39, 0.29) is 0 Å². The molecule has 1 aromatic heterocycles. The smallest absolute Gasteiger partial charge is 0.227 e. The maximum absolute atomic E-state index is 5.15. The van der Waals surface area contributed by atoms with Gasteiger partial charge in [0.2, 0.25) is 5.95 Å². The third-order valence-electron chi connectivity index (χ3n) is 4.79. The summed E-state index contributed by atoms with van der Waals surface area (Å²) >= 11 is 1.85. The number of fused-ring (bicyclic) bond motifs is 1. The van der Waals surface area contributed by atoms with Crippen molar-refractivity contribution >= 4 is 29.2 Å². The van der Waals surface area contributed by atoms with Crippen LogP contribution in [0.25, 0.3) is 0 Å². The Morgan fingerprint density at radius 1 is 1.08 bits per heavy atom. The first-order chi connectivity index (χ1) is 12.8. The lowest BCUT2D eigenvalue weighted by Crippen LogP contribution is -2.47. The highest BCUT2D eigenvalue weighted by Gasteiger charge is 2.24.